The summed E-state index contributed by atoms with van der Waals surface area (Å²) < 4.78 is 2.85. The molecule has 0 spiro atoms. The van der Waals surface area contributed by atoms with Crippen molar-refractivity contribution >= 4 is 63.1 Å². The van der Waals surface area contributed by atoms with Crippen LogP contribution >= 0.6 is 46.1 Å². The first kappa shape index (κ1) is 23.8. The topological polar surface area (TPSA) is 134 Å². The van der Waals surface area contributed by atoms with Crippen LogP contribution in [0.1, 0.15) is 17.5 Å². The molecule has 3 aromatic heterocycles. The van der Waals surface area contributed by atoms with E-state index in [-0.39, 0.29) is 0 Å². The van der Waals surface area contributed by atoms with Crippen molar-refractivity contribution in [3.63, 3.8) is 0 Å². The van der Waals surface area contributed by atoms with Crippen LogP contribution in [-0.2, 0) is 12.8 Å². The number of imidazole rings is 1. The first-order chi connectivity index (χ1) is 16.0. The molecule has 170 valence electrons. The molecule has 0 fully saturated rings. The largest absolute Gasteiger partial charge is 0.392 e. The molecule has 5 rings (SSSR count). The number of hydrogen-bond donors (Lipinski definition) is 4. The van der Waals surface area contributed by atoms with Gasteiger partial charge in [-0.3, -0.25) is 10.4 Å². The van der Waals surface area contributed by atoms with E-state index in [0.717, 1.165) is 45.7 Å². The zero-order chi connectivity index (χ0) is 23.4. The molecule has 0 atom stereocenters. The van der Waals surface area contributed by atoms with Gasteiger partial charge in [-0.05, 0) is 91.7 Å². The Morgan fingerprint density at radius 3 is 2.70 bits per heavy atom. The normalized spacial score (nSPS) is 12.9. The van der Waals surface area contributed by atoms with E-state index in [1.165, 1.54) is 32.7 Å². The number of benzene rings is 1. The van der Waals surface area contributed by atoms with Gasteiger partial charge < -0.3 is 16.9 Å². The third-order valence-corrected chi connectivity index (χ3v) is 7.47. The van der Waals surface area contributed by atoms with Gasteiger partial charge in [0.25, 0.3) is 0 Å². The van der Waals surface area contributed by atoms with Gasteiger partial charge in [-0.1, -0.05) is 6.07 Å². The van der Waals surface area contributed by atoms with Crippen molar-refractivity contribution in [1.82, 2.24) is 24.9 Å². The fourth-order valence-corrected chi connectivity index (χ4v) is 4.56. The summed E-state index contributed by atoms with van der Waals surface area (Å²) in [6.45, 7) is 0. The molecule has 7 N–H and O–H groups in total. The van der Waals surface area contributed by atoms with Crippen molar-refractivity contribution in [3.05, 3.63) is 75.6 Å². The van der Waals surface area contributed by atoms with Crippen molar-refractivity contribution in [1.29, 1.82) is 0 Å². The van der Waals surface area contributed by atoms with Crippen LogP contribution in [0.2, 0.25) is 0 Å². The van der Waals surface area contributed by atoms with E-state index in [2.05, 4.69) is 75.3 Å². The summed E-state index contributed by atoms with van der Waals surface area (Å²) >= 11 is 5.54. The SMILES string of the molecule is NN/C=C(\N)SI.Nc1ncccc1-c1nc2ccc(Br)nc2n1-c1ccc2c(c1)CCC2. The minimum atomic E-state index is 0.462. The predicted octanol–water partition coefficient (Wildman–Crippen LogP) is 4.61. The van der Waals surface area contributed by atoms with Crippen LogP contribution in [-0.4, -0.2) is 19.5 Å². The molecule has 1 aromatic carbocycles. The molecular weight excluding hydrogens is 615 g/mol. The predicted molar refractivity (Wildman–Crippen MR) is 147 cm³/mol. The Bertz CT molecular complexity index is 1320. The monoisotopic (exact) mass is 636 g/mol. The van der Waals surface area contributed by atoms with E-state index < -0.39 is 0 Å². The molecule has 33 heavy (non-hydrogen) atoms. The Morgan fingerprint density at radius 2 is 1.97 bits per heavy atom. The highest BCUT2D eigenvalue weighted by Crippen LogP contribution is 2.32. The third kappa shape index (κ3) is 5.26. The van der Waals surface area contributed by atoms with Gasteiger partial charge in [-0.15, -0.1) is 0 Å². The fraction of sp³-hybridized carbons (Fsp3) is 0.136. The van der Waals surface area contributed by atoms with Gasteiger partial charge in [0.15, 0.2) is 11.5 Å². The first-order valence-electron chi connectivity index (χ1n) is 10.1. The van der Waals surface area contributed by atoms with Crippen LogP contribution in [0.3, 0.4) is 0 Å². The first-order valence-corrected chi connectivity index (χ1v) is 14.3. The quantitative estimate of drug-likeness (QED) is 0.110. The van der Waals surface area contributed by atoms with Gasteiger partial charge in [-0.2, -0.15) is 0 Å². The molecule has 0 saturated heterocycles. The number of aryl methyl sites for hydroxylation is 2. The number of hydrazine groups is 1. The fourth-order valence-electron chi connectivity index (χ4n) is 3.77. The summed E-state index contributed by atoms with van der Waals surface area (Å²) in [4.78, 5) is 13.7. The van der Waals surface area contributed by atoms with E-state index in [9.17, 15) is 0 Å². The van der Waals surface area contributed by atoms with E-state index in [1.54, 1.807) is 6.20 Å². The lowest BCUT2D eigenvalue weighted by Gasteiger charge is -2.12. The van der Waals surface area contributed by atoms with Crippen molar-refractivity contribution in [2.75, 3.05) is 5.73 Å². The maximum atomic E-state index is 6.15. The third-order valence-electron chi connectivity index (χ3n) is 5.20. The summed E-state index contributed by atoms with van der Waals surface area (Å²) in [6, 6.07) is 14.3. The molecule has 0 saturated carbocycles. The molecule has 4 aromatic rings. The van der Waals surface area contributed by atoms with Crippen LogP contribution in [0.15, 0.2) is 64.5 Å². The average molecular weight is 637 g/mol. The van der Waals surface area contributed by atoms with Crippen LogP contribution in [0.4, 0.5) is 5.82 Å². The van der Waals surface area contributed by atoms with E-state index in [1.807, 2.05) is 24.3 Å². The van der Waals surface area contributed by atoms with Gasteiger partial charge in [0.05, 0.1) is 10.6 Å². The van der Waals surface area contributed by atoms with Crippen LogP contribution in [0.25, 0.3) is 28.2 Å². The Balaban J connectivity index is 0.000000325. The summed E-state index contributed by atoms with van der Waals surface area (Å²) in [5, 5.41) is 0.670. The highest BCUT2D eigenvalue weighted by molar-refractivity contribution is 14.2. The van der Waals surface area contributed by atoms with Crippen molar-refractivity contribution in [2.45, 2.75) is 19.3 Å². The number of anilines is 1. The number of nitrogens with two attached hydrogens (primary N) is 3. The number of nitrogens with zero attached hydrogens (tertiary/aromatic N) is 4. The highest BCUT2D eigenvalue weighted by Gasteiger charge is 2.19. The molecule has 1 aliphatic rings. The summed E-state index contributed by atoms with van der Waals surface area (Å²) in [5.74, 6) is 6.10. The number of nitrogens with one attached hydrogen (secondary N) is 1. The van der Waals surface area contributed by atoms with Gasteiger partial charge in [0, 0.05) is 39.3 Å². The summed E-state index contributed by atoms with van der Waals surface area (Å²) in [7, 11) is 1.42. The Morgan fingerprint density at radius 1 is 1.15 bits per heavy atom. The Hall–Kier alpha value is -2.35. The number of pyridine rings is 2. The number of nitrogen functional groups attached to an aromatic ring is 1. The summed E-state index contributed by atoms with van der Waals surface area (Å²) in [5.41, 5.74) is 20.0. The summed E-state index contributed by atoms with van der Waals surface area (Å²) in [6.07, 6.45) is 6.71. The maximum absolute atomic E-state index is 6.15. The lowest BCUT2D eigenvalue weighted by molar-refractivity contribution is 0.911. The van der Waals surface area contributed by atoms with Crippen molar-refractivity contribution in [3.8, 4) is 17.1 Å². The van der Waals surface area contributed by atoms with E-state index in [4.69, 9.17) is 22.3 Å². The Labute approximate surface area is 216 Å². The van der Waals surface area contributed by atoms with Crippen molar-refractivity contribution in [2.24, 2.45) is 11.6 Å². The molecule has 8 nitrogen and oxygen atoms in total. The average Bonchev–Trinajstić information content (AvgIpc) is 3.43. The van der Waals surface area contributed by atoms with Gasteiger partial charge >= 0.3 is 0 Å². The van der Waals surface area contributed by atoms with Crippen LogP contribution in [0, 0.1) is 0 Å². The Kier molecular flexibility index (Phi) is 7.73. The molecule has 1 aliphatic carbocycles. The van der Waals surface area contributed by atoms with Gasteiger partial charge in [-0.25, -0.2) is 15.0 Å². The standard InChI is InChI=1S/C20H16BrN5.C2H6IN3S/c21-17-9-8-16-20(25-17)26(14-7-6-12-3-1-4-13(12)11-14)19(24-16)15-5-2-10-23-18(15)22;3-7-2(4)1-6-5/h2,5-11H,1,3-4H2,(H2,22,23);1,6H,4-5H2/b;2-1+. The zero-order valence-corrected chi connectivity index (χ0v) is 22.1. The van der Waals surface area contributed by atoms with Crippen LogP contribution < -0.4 is 22.7 Å². The highest BCUT2D eigenvalue weighted by atomic mass is 127. The number of fused-ring (bicyclic) bond motifs is 2. The maximum Gasteiger partial charge on any atom is 0.166 e. The van der Waals surface area contributed by atoms with E-state index in [0.29, 0.717) is 10.8 Å². The molecule has 0 bridgehead atoms. The van der Waals surface area contributed by atoms with Crippen LogP contribution in [0.5, 0.6) is 0 Å². The zero-order valence-electron chi connectivity index (χ0n) is 17.5. The van der Waals surface area contributed by atoms with Gasteiger partial charge in [0.1, 0.15) is 15.9 Å². The lowest BCUT2D eigenvalue weighted by atomic mass is 10.1. The molecule has 0 unspecified atom stereocenters. The molecule has 3 heterocycles. The number of hydrogen-bond acceptors (Lipinski definition) is 8. The minimum Gasteiger partial charge on any atom is -0.392 e. The number of rotatable bonds is 4. The second-order valence-electron chi connectivity index (χ2n) is 7.28. The molecule has 0 radical (unpaired) electrons. The minimum absolute atomic E-state index is 0.462. The molecule has 0 amide bonds. The van der Waals surface area contributed by atoms with Gasteiger partial charge in [0.2, 0.25) is 0 Å². The molecular formula is C22H22BrIN8S. The lowest BCUT2D eigenvalue weighted by Crippen LogP contribution is -2.15. The van der Waals surface area contributed by atoms with E-state index >= 15 is 0 Å². The second kappa shape index (κ2) is 10.7. The molecule has 11 heteroatoms. The smallest absolute Gasteiger partial charge is 0.166 e. The second-order valence-corrected chi connectivity index (χ2v) is 10.0. The molecule has 0 aliphatic heterocycles. The van der Waals surface area contributed by atoms with Crippen molar-refractivity contribution < 1.29 is 0 Å². The number of halogens is 2. The number of aromatic nitrogens is 4.